The number of halogens is 2. The Morgan fingerprint density at radius 1 is 1.33 bits per heavy atom. The van der Waals surface area contributed by atoms with Crippen molar-refractivity contribution in [1.82, 2.24) is 10.6 Å². The number of nitrogens with zero attached hydrogens (tertiary/aromatic N) is 2. The number of hydrogen-bond donors (Lipinski definition) is 2. The number of guanidine groups is 1. The van der Waals surface area contributed by atoms with Crippen LogP contribution in [0.15, 0.2) is 29.3 Å². The lowest BCUT2D eigenvalue weighted by Gasteiger charge is -2.35. The SMILES string of the molecule is CCNC(=NCCCOCC1CCOC1)NC1CCCN(c2ccccc2Cl)C1.I. The van der Waals surface area contributed by atoms with Crippen LogP contribution in [0.5, 0.6) is 0 Å². The Morgan fingerprint density at radius 3 is 2.97 bits per heavy atom. The third-order valence-electron chi connectivity index (χ3n) is 5.39. The zero-order chi connectivity index (χ0) is 20.3. The highest BCUT2D eigenvalue weighted by atomic mass is 127. The van der Waals surface area contributed by atoms with E-state index in [9.17, 15) is 0 Å². The van der Waals surface area contributed by atoms with Crippen molar-refractivity contribution < 1.29 is 9.47 Å². The quantitative estimate of drug-likeness (QED) is 0.211. The van der Waals surface area contributed by atoms with Gasteiger partial charge in [0, 0.05) is 51.4 Å². The van der Waals surface area contributed by atoms with Crippen LogP contribution in [0.4, 0.5) is 5.69 Å². The van der Waals surface area contributed by atoms with E-state index < -0.39 is 0 Å². The van der Waals surface area contributed by atoms with E-state index >= 15 is 0 Å². The molecule has 0 saturated carbocycles. The number of benzene rings is 1. The summed E-state index contributed by atoms with van der Waals surface area (Å²) in [6, 6.07) is 8.44. The van der Waals surface area contributed by atoms with E-state index in [0.717, 1.165) is 95.0 Å². The molecule has 0 bridgehead atoms. The minimum absolute atomic E-state index is 0. The molecule has 6 nitrogen and oxygen atoms in total. The molecule has 0 amide bonds. The number of para-hydroxylation sites is 1. The van der Waals surface area contributed by atoms with E-state index in [2.05, 4.69) is 28.5 Å². The van der Waals surface area contributed by atoms with Crippen molar-refractivity contribution in [3.63, 3.8) is 0 Å². The first kappa shape index (κ1) is 25.5. The normalized spacial score (nSPS) is 21.9. The van der Waals surface area contributed by atoms with Gasteiger partial charge in [-0.1, -0.05) is 23.7 Å². The summed E-state index contributed by atoms with van der Waals surface area (Å²) in [5.74, 6) is 1.47. The Bertz CT molecular complexity index is 643. The molecular formula is C22H36ClIN4O2. The Kier molecular flexibility index (Phi) is 12.2. The van der Waals surface area contributed by atoms with Crippen LogP contribution in [-0.4, -0.2) is 64.6 Å². The molecule has 1 aromatic carbocycles. The average Bonchev–Trinajstić information content (AvgIpc) is 3.25. The van der Waals surface area contributed by atoms with Gasteiger partial charge in [0.15, 0.2) is 5.96 Å². The molecule has 30 heavy (non-hydrogen) atoms. The molecule has 1 aromatic rings. The van der Waals surface area contributed by atoms with Crippen LogP contribution in [0.25, 0.3) is 0 Å². The van der Waals surface area contributed by atoms with Crippen molar-refractivity contribution in [2.75, 3.05) is 57.5 Å². The summed E-state index contributed by atoms with van der Waals surface area (Å²) < 4.78 is 11.2. The first-order valence-electron chi connectivity index (χ1n) is 11.0. The highest BCUT2D eigenvalue weighted by Gasteiger charge is 2.22. The van der Waals surface area contributed by atoms with Gasteiger partial charge in [0.1, 0.15) is 0 Å². The number of piperidine rings is 1. The Balaban J connectivity index is 0.00000320. The van der Waals surface area contributed by atoms with Gasteiger partial charge in [-0.15, -0.1) is 24.0 Å². The monoisotopic (exact) mass is 550 g/mol. The first-order valence-corrected chi connectivity index (χ1v) is 11.3. The topological polar surface area (TPSA) is 58.1 Å². The summed E-state index contributed by atoms with van der Waals surface area (Å²) in [7, 11) is 0. The minimum atomic E-state index is 0. The minimum Gasteiger partial charge on any atom is -0.381 e. The lowest BCUT2D eigenvalue weighted by atomic mass is 10.0. The molecule has 8 heteroatoms. The van der Waals surface area contributed by atoms with Crippen LogP contribution >= 0.6 is 35.6 Å². The van der Waals surface area contributed by atoms with E-state index in [0.29, 0.717) is 12.0 Å². The largest absolute Gasteiger partial charge is 0.381 e. The molecule has 2 N–H and O–H groups in total. The Labute approximate surface area is 203 Å². The fourth-order valence-corrected chi connectivity index (χ4v) is 4.11. The Morgan fingerprint density at radius 2 is 2.20 bits per heavy atom. The van der Waals surface area contributed by atoms with E-state index in [1.807, 2.05) is 18.2 Å². The second-order valence-corrected chi connectivity index (χ2v) is 8.21. The highest BCUT2D eigenvalue weighted by Crippen LogP contribution is 2.27. The summed E-state index contributed by atoms with van der Waals surface area (Å²) in [6.45, 7) is 8.97. The maximum atomic E-state index is 6.40. The first-order chi connectivity index (χ1) is 14.3. The van der Waals surface area contributed by atoms with Gasteiger partial charge in [-0.05, 0) is 44.7 Å². The molecule has 2 unspecified atom stereocenters. The van der Waals surface area contributed by atoms with Crippen LogP contribution < -0.4 is 15.5 Å². The van der Waals surface area contributed by atoms with Gasteiger partial charge in [0.25, 0.3) is 0 Å². The molecule has 2 fully saturated rings. The molecule has 2 aliphatic heterocycles. The highest BCUT2D eigenvalue weighted by molar-refractivity contribution is 14.0. The molecule has 2 atom stereocenters. The summed E-state index contributed by atoms with van der Waals surface area (Å²) in [4.78, 5) is 7.11. The standard InChI is InChI=1S/C22H35ClN4O2.HI/c1-2-24-22(25-11-6-13-28-16-18-10-14-29-17-18)26-19-7-5-12-27(15-19)21-9-4-3-8-20(21)23;/h3-4,8-9,18-19H,2,5-7,10-17H2,1H3,(H2,24,25,26);1H. The summed E-state index contributed by atoms with van der Waals surface area (Å²) in [5, 5.41) is 7.79. The van der Waals surface area contributed by atoms with Crippen LogP contribution in [0.3, 0.4) is 0 Å². The lowest BCUT2D eigenvalue weighted by Crippen LogP contribution is -2.51. The van der Waals surface area contributed by atoms with E-state index in [1.165, 1.54) is 0 Å². The molecule has 0 aromatic heterocycles. The van der Waals surface area contributed by atoms with Gasteiger partial charge in [-0.2, -0.15) is 0 Å². The number of hydrogen-bond acceptors (Lipinski definition) is 4. The Hall–Kier alpha value is -0.770. The number of anilines is 1. The smallest absolute Gasteiger partial charge is 0.191 e. The van der Waals surface area contributed by atoms with Crippen LogP contribution in [0.2, 0.25) is 5.02 Å². The van der Waals surface area contributed by atoms with Crippen LogP contribution in [0, 0.1) is 5.92 Å². The molecule has 170 valence electrons. The fourth-order valence-electron chi connectivity index (χ4n) is 3.86. The molecular weight excluding hydrogens is 515 g/mol. The van der Waals surface area contributed by atoms with Crippen molar-refractivity contribution in [3.8, 4) is 0 Å². The molecule has 3 rings (SSSR count). The summed E-state index contributed by atoms with van der Waals surface area (Å²) >= 11 is 6.40. The van der Waals surface area contributed by atoms with Crippen molar-refractivity contribution in [2.45, 2.75) is 38.6 Å². The van der Waals surface area contributed by atoms with Gasteiger partial charge < -0.3 is 25.0 Å². The second-order valence-electron chi connectivity index (χ2n) is 7.80. The average molecular weight is 551 g/mol. The number of ether oxygens (including phenoxy) is 2. The van der Waals surface area contributed by atoms with E-state index in [-0.39, 0.29) is 24.0 Å². The predicted octanol–water partition coefficient (Wildman–Crippen LogP) is 3.93. The third-order valence-corrected chi connectivity index (χ3v) is 5.71. The molecule has 2 aliphatic rings. The van der Waals surface area contributed by atoms with Gasteiger partial charge in [0.2, 0.25) is 0 Å². The van der Waals surface area contributed by atoms with E-state index in [4.69, 9.17) is 26.1 Å². The maximum absolute atomic E-state index is 6.40. The number of aliphatic imine (C=N–C) groups is 1. The second kappa shape index (κ2) is 14.3. The zero-order valence-electron chi connectivity index (χ0n) is 17.9. The van der Waals surface area contributed by atoms with Crippen molar-refractivity contribution in [2.24, 2.45) is 10.9 Å². The maximum Gasteiger partial charge on any atom is 0.191 e. The van der Waals surface area contributed by atoms with Crippen LogP contribution in [-0.2, 0) is 9.47 Å². The molecule has 0 aliphatic carbocycles. The molecule has 2 heterocycles. The lowest BCUT2D eigenvalue weighted by molar-refractivity contribution is 0.0893. The van der Waals surface area contributed by atoms with Gasteiger partial charge in [-0.3, -0.25) is 4.99 Å². The predicted molar refractivity (Wildman–Crippen MR) is 136 cm³/mol. The van der Waals surface area contributed by atoms with Crippen molar-refractivity contribution in [1.29, 1.82) is 0 Å². The van der Waals surface area contributed by atoms with Gasteiger partial charge >= 0.3 is 0 Å². The molecule has 2 saturated heterocycles. The zero-order valence-corrected chi connectivity index (χ0v) is 21.0. The molecule has 0 spiro atoms. The van der Waals surface area contributed by atoms with Crippen molar-refractivity contribution >= 4 is 47.2 Å². The third kappa shape index (κ3) is 8.40. The van der Waals surface area contributed by atoms with E-state index in [1.54, 1.807) is 0 Å². The number of nitrogens with one attached hydrogen (secondary N) is 2. The summed E-state index contributed by atoms with van der Waals surface area (Å²) in [6.07, 6.45) is 4.33. The summed E-state index contributed by atoms with van der Waals surface area (Å²) in [5.41, 5.74) is 1.12. The van der Waals surface area contributed by atoms with Gasteiger partial charge in [-0.25, -0.2) is 0 Å². The molecule has 0 radical (unpaired) electrons. The van der Waals surface area contributed by atoms with Crippen molar-refractivity contribution in [3.05, 3.63) is 29.3 Å². The fraction of sp³-hybridized carbons (Fsp3) is 0.682. The van der Waals surface area contributed by atoms with Crippen LogP contribution in [0.1, 0.15) is 32.6 Å². The van der Waals surface area contributed by atoms with Gasteiger partial charge in [0.05, 0.1) is 23.9 Å². The number of rotatable bonds is 9.